The van der Waals surface area contributed by atoms with Crippen molar-refractivity contribution in [2.45, 2.75) is 0 Å². The third-order valence-electron chi connectivity index (χ3n) is 2.17. The molecule has 0 aliphatic carbocycles. The molecule has 3 nitrogen and oxygen atoms in total. The third kappa shape index (κ3) is 2.03. The van der Waals surface area contributed by atoms with Gasteiger partial charge in [-0.05, 0) is 18.2 Å². The number of nitrogens with zero attached hydrogens (tertiary/aromatic N) is 1. The van der Waals surface area contributed by atoms with Gasteiger partial charge in [0, 0.05) is 17.4 Å². The summed E-state index contributed by atoms with van der Waals surface area (Å²) < 4.78 is 5.27. The number of amides is 1. The Labute approximate surface area is 97.5 Å². The lowest BCUT2D eigenvalue weighted by Crippen LogP contribution is -2.39. The normalized spacial score (nSPS) is 14.8. The van der Waals surface area contributed by atoms with Crippen LogP contribution in [-0.2, 0) is 4.79 Å². The van der Waals surface area contributed by atoms with Crippen molar-refractivity contribution >= 4 is 34.8 Å². The van der Waals surface area contributed by atoms with Crippen LogP contribution < -0.4 is 9.64 Å². The van der Waals surface area contributed by atoms with Gasteiger partial charge in [-0.3, -0.25) is 4.79 Å². The maximum Gasteiger partial charge on any atom is 0.265 e. The molecule has 0 bridgehead atoms. The number of benzene rings is 1. The number of carbonyl (C=O) groups is 1. The van der Waals surface area contributed by atoms with Gasteiger partial charge >= 0.3 is 0 Å². The van der Waals surface area contributed by atoms with Gasteiger partial charge in [0.2, 0.25) is 0 Å². The van der Waals surface area contributed by atoms with Gasteiger partial charge in [-0.1, -0.05) is 11.6 Å². The minimum Gasteiger partial charge on any atom is -0.482 e. The fourth-order valence-corrected chi connectivity index (χ4v) is 1.84. The Morgan fingerprint density at radius 2 is 2.27 bits per heavy atom. The van der Waals surface area contributed by atoms with E-state index in [0.717, 1.165) is 0 Å². The monoisotopic (exact) mass is 245 g/mol. The summed E-state index contributed by atoms with van der Waals surface area (Å²) in [6, 6.07) is 5.20. The van der Waals surface area contributed by atoms with Gasteiger partial charge in [-0.15, -0.1) is 11.6 Å². The zero-order valence-electron chi connectivity index (χ0n) is 7.87. The molecule has 0 unspecified atom stereocenters. The molecular weight excluding hydrogens is 237 g/mol. The number of halogens is 2. The standard InChI is InChI=1S/C10H9Cl2NO2/c11-3-4-13-8-5-7(12)1-2-9(8)15-6-10(13)14/h1-2,5H,3-4,6H2. The minimum atomic E-state index is -0.0922. The van der Waals surface area contributed by atoms with Crippen molar-refractivity contribution < 1.29 is 9.53 Å². The molecule has 0 fully saturated rings. The van der Waals surface area contributed by atoms with Crippen LogP contribution in [0.3, 0.4) is 0 Å². The Morgan fingerprint density at radius 1 is 1.47 bits per heavy atom. The molecule has 1 aliphatic rings. The number of ether oxygens (including phenoxy) is 1. The number of anilines is 1. The smallest absolute Gasteiger partial charge is 0.265 e. The summed E-state index contributed by atoms with van der Waals surface area (Å²) in [4.78, 5) is 13.2. The molecule has 80 valence electrons. The summed E-state index contributed by atoms with van der Waals surface area (Å²) in [7, 11) is 0. The lowest BCUT2D eigenvalue weighted by Gasteiger charge is -2.28. The first-order chi connectivity index (χ1) is 7.22. The van der Waals surface area contributed by atoms with Crippen LogP contribution in [0.4, 0.5) is 5.69 Å². The van der Waals surface area contributed by atoms with Crippen molar-refractivity contribution in [3.63, 3.8) is 0 Å². The molecule has 1 amide bonds. The van der Waals surface area contributed by atoms with Crippen LogP contribution in [0.2, 0.25) is 5.02 Å². The molecule has 1 heterocycles. The fourth-order valence-electron chi connectivity index (χ4n) is 1.50. The quantitative estimate of drug-likeness (QED) is 0.749. The zero-order chi connectivity index (χ0) is 10.8. The Kier molecular flexibility index (Phi) is 3.03. The summed E-state index contributed by atoms with van der Waals surface area (Å²) >= 11 is 11.5. The molecule has 0 N–H and O–H groups in total. The van der Waals surface area contributed by atoms with E-state index in [-0.39, 0.29) is 12.5 Å². The average molecular weight is 246 g/mol. The molecule has 0 spiro atoms. The van der Waals surface area contributed by atoms with Crippen molar-refractivity contribution in [3.8, 4) is 5.75 Å². The SMILES string of the molecule is O=C1COc2ccc(Cl)cc2N1CCCl. The molecule has 2 rings (SSSR count). The van der Waals surface area contributed by atoms with Gasteiger partial charge in [0.1, 0.15) is 5.75 Å². The maximum absolute atomic E-state index is 11.6. The number of fused-ring (bicyclic) bond motifs is 1. The predicted octanol–water partition coefficient (Wildman–Crippen LogP) is 2.30. The zero-order valence-corrected chi connectivity index (χ0v) is 9.38. The van der Waals surface area contributed by atoms with Gasteiger partial charge in [0.15, 0.2) is 6.61 Å². The summed E-state index contributed by atoms with van der Waals surface area (Å²) in [6.07, 6.45) is 0. The van der Waals surface area contributed by atoms with Gasteiger partial charge < -0.3 is 9.64 Å². The van der Waals surface area contributed by atoms with Crippen molar-refractivity contribution in [2.75, 3.05) is 23.9 Å². The van der Waals surface area contributed by atoms with E-state index in [0.29, 0.717) is 28.9 Å². The van der Waals surface area contributed by atoms with Crippen LogP contribution in [0.15, 0.2) is 18.2 Å². The Balaban J connectivity index is 2.41. The van der Waals surface area contributed by atoms with Crippen LogP contribution in [0.25, 0.3) is 0 Å². The largest absolute Gasteiger partial charge is 0.482 e. The number of hydrogen-bond donors (Lipinski definition) is 0. The molecule has 1 aliphatic heterocycles. The average Bonchev–Trinajstić information content (AvgIpc) is 2.23. The maximum atomic E-state index is 11.6. The van der Waals surface area contributed by atoms with Crippen LogP contribution in [0.5, 0.6) is 5.75 Å². The molecule has 1 aromatic rings. The molecule has 0 saturated carbocycles. The lowest BCUT2D eigenvalue weighted by atomic mass is 10.2. The summed E-state index contributed by atoms with van der Waals surface area (Å²) in [5.74, 6) is 0.965. The molecule has 15 heavy (non-hydrogen) atoms. The van der Waals surface area contributed by atoms with Crippen LogP contribution in [0, 0.1) is 0 Å². The highest BCUT2D eigenvalue weighted by molar-refractivity contribution is 6.31. The third-order valence-corrected chi connectivity index (χ3v) is 2.58. The molecule has 0 radical (unpaired) electrons. The molecule has 1 aromatic carbocycles. The number of carbonyl (C=O) groups excluding carboxylic acids is 1. The fraction of sp³-hybridized carbons (Fsp3) is 0.300. The molecule has 0 aromatic heterocycles. The predicted molar refractivity (Wildman–Crippen MR) is 60.0 cm³/mol. The van der Waals surface area contributed by atoms with Gasteiger partial charge in [-0.25, -0.2) is 0 Å². The second kappa shape index (κ2) is 4.29. The topological polar surface area (TPSA) is 29.5 Å². The first kappa shape index (κ1) is 10.6. The van der Waals surface area contributed by atoms with Crippen molar-refractivity contribution in [2.24, 2.45) is 0 Å². The highest BCUT2D eigenvalue weighted by Crippen LogP contribution is 2.34. The highest BCUT2D eigenvalue weighted by Gasteiger charge is 2.24. The van der Waals surface area contributed by atoms with E-state index in [4.69, 9.17) is 27.9 Å². The molecular formula is C10H9Cl2NO2. The van der Waals surface area contributed by atoms with Crippen molar-refractivity contribution in [1.29, 1.82) is 0 Å². The van der Waals surface area contributed by atoms with Crippen molar-refractivity contribution in [1.82, 2.24) is 0 Å². The van der Waals surface area contributed by atoms with E-state index in [1.54, 1.807) is 23.1 Å². The molecule has 5 heteroatoms. The Hall–Kier alpha value is -0.930. The van der Waals surface area contributed by atoms with Crippen LogP contribution in [-0.4, -0.2) is 24.9 Å². The van der Waals surface area contributed by atoms with E-state index >= 15 is 0 Å². The van der Waals surface area contributed by atoms with Crippen LogP contribution >= 0.6 is 23.2 Å². The van der Waals surface area contributed by atoms with E-state index in [2.05, 4.69) is 0 Å². The van der Waals surface area contributed by atoms with E-state index in [1.807, 2.05) is 0 Å². The second-order valence-electron chi connectivity index (χ2n) is 3.14. The second-order valence-corrected chi connectivity index (χ2v) is 3.95. The molecule has 0 atom stereocenters. The van der Waals surface area contributed by atoms with E-state index in [9.17, 15) is 4.79 Å². The van der Waals surface area contributed by atoms with E-state index < -0.39 is 0 Å². The van der Waals surface area contributed by atoms with E-state index in [1.165, 1.54) is 0 Å². The van der Waals surface area contributed by atoms with Gasteiger partial charge in [-0.2, -0.15) is 0 Å². The number of alkyl halides is 1. The number of rotatable bonds is 2. The summed E-state index contributed by atoms with van der Waals surface area (Å²) in [5, 5.41) is 0.576. The Bertz CT molecular complexity index is 395. The first-order valence-corrected chi connectivity index (χ1v) is 5.42. The highest BCUT2D eigenvalue weighted by atomic mass is 35.5. The number of hydrogen-bond acceptors (Lipinski definition) is 2. The van der Waals surface area contributed by atoms with Crippen molar-refractivity contribution in [3.05, 3.63) is 23.2 Å². The lowest BCUT2D eigenvalue weighted by molar-refractivity contribution is -0.121. The first-order valence-electron chi connectivity index (χ1n) is 4.51. The minimum absolute atomic E-state index is 0.0610. The summed E-state index contributed by atoms with van der Waals surface area (Å²) in [6.45, 7) is 0.530. The Morgan fingerprint density at radius 3 is 3.00 bits per heavy atom. The van der Waals surface area contributed by atoms with Gasteiger partial charge in [0.25, 0.3) is 5.91 Å². The van der Waals surface area contributed by atoms with Crippen LogP contribution in [0.1, 0.15) is 0 Å². The summed E-state index contributed by atoms with van der Waals surface area (Å²) in [5.41, 5.74) is 0.694. The van der Waals surface area contributed by atoms with Gasteiger partial charge in [0.05, 0.1) is 5.69 Å². The molecule has 0 saturated heterocycles.